The van der Waals surface area contributed by atoms with Crippen LogP contribution in [0.15, 0.2) is 28.2 Å². The predicted molar refractivity (Wildman–Crippen MR) is 80.1 cm³/mol. The van der Waals surface area contributed by atoms with Crippen molar-refractivity contribution in [2.75, 3.05) is 6.54 Å². The summed E-state index contributed by atoms with van der Waals surface area (Å²) in [6.07, 6.45) is 5.51. The Morgan fingerprint density at radius 1 is 1.48 bits per heavy atom. The average molecular weight is 306 g/mol. The summed E-state index contributed by atoms with van der Waals surface area (Å²) in [5.74, 6) is 0.0373. The Labute approximate surface area is 127 Å². The Morgan fingerprint density at radius 3 is 3.14 bits per heavy atom. The molecule has 1 fully saturated rings. The van der Waals surface area contributed by atoms with Crippen LogP contribution in [-0.4, -0.2) is 33.5 Å². The Kier molecular flexibility index (Phi) is 4.36. The average Bonchev–Trinajstić information content (AvgIpc) is 3.07. The van der Waals surface area contributed by atoms with E-state index in [2.05, 4.69) is 4.98 Å². The summed E-state index contributed by atoms with van der Waals surface area (Å²) in [6.45, 7) is 1.42. The second-order valence-corrected chi connectivity index (χ2v) is 6.15. The molecule has 6 heteroatoms. The molecule has 0 radical (unpaired) electrons. The Bertz CT molecular complexity index is 594. The summed E-state index contributed by atoms with van der Waals surface area (Å²) in [5, 5.41) is 12.2. The maximum atomic E-state index is 11.4. The number of likely N-dealkylation sites (tertiary alicyclic amines) is 1. The fourth-order valence-electron chi connectivity index (χ4n) is 2.74. The van der Waals surface area contributed by atoms with Crippen LogP contribution in [0.3, 0.4) is 0 Å². The molecular formula is C15H18N2O3S. The molecule has 0 amide bonds. The van der Waals surface area contributed by atoms with Gasteiger partial charge in [0.15, 0.2) is 10.8 Å². The van der Waals surface area contributed by atoms with Crippen molar-refractivity contribution < 1.29 is 14.3 Å². The van der Waals surface area contributed by atoms with E-state index < -0.39 is 5.97 Å². The number of nitrogens with zero attached hydrogens (tertiary/aromatic N) is 2. The highest BCUT2D eigenvalue weighted by Crippen LogP contribution is 2.26. The van der Waals surface area contributed by atoms with Crippen LogP contribution in [0.4, 0.5) is 0 Å². The summed E-state index contributed by atoms with van der Waals surface area (Å²) in [5.41, 5.74) is 0.916. The van der Waals surface area contributed by atoms with Crippen molar-refractivity contribution in [3.8, 4) is 10.8 Å². The van der Waals surface area contributed by atoms with Gasteiger partial charge in [0.25, 0.3) is 0 Å². The number of carboxylic acid groups (broad SMARTS) is 1. The number of hydrogen-bond donors (Lipinski definition) is 1. The Morgan fingerprint density at radius 2 is 2.38 bits per heavy atom. The monoisotopic (exact) mass is 306 g/mol. The van der Waals surface area contributed by atoms with Gasteiger partial charge in [0.1, 0.15) is 6.04 Å². The lowest BCUT2D eigenvalue weighted by molar-refractivity contribution is -0.143. The molecule has 3 heterocycles. The summed E-state index contributed by atoms with van der Waals surface area (Å²) in [4.78, 5) is 18.0. The minimum Gasteiger partial charge on any atom is -0.480 e. The first-order valence-electron chi connectivity index (χ1n) is 7.19. The van der Waals surface area contributed by atoms with Crippen LogP contribution in [0.2, 0.25) is 0 Å². The van der Waals surface area contributed by atoms with Crippen LogP contribution in [0.5, 0.6) is 0 Å². The van der Waals surface area contributed by atoms with Gasteiger partial charge in [-0.3, -0.25) is 9.69 Å². The Balaban J connectivity index is 1.73. The first kappa shape index (κ1) is 14.3. The number of aromatic nitrogens is 1. The molecule has 5 nitrogen and oxygen atoms in total. The van der Waals surface area contributed by atoms with Gasteiger partial charge in [-0.05, 0) is 31.5 Å². The molecule has 0 saturated carbocycles. The number of furan rings is 1. The molecule has 1 N–H and O–H groups in total. The third-order valence-electron chi connectivity index (χ3n) is 3.80. The second-order valence-electron chi connectivity index (χ2n) is 5.30. The van der Waals surface area contributed by atoms with Gasteiger partial charge in [0.2, 0.25) is 0 Å². The van der Waals surface area contributed by atoms with E-state index >= 15 is 0 Å². The molecule has 112 valence electrons. The number of hydrogen-bond acceptors (Lipinski definition) is 5. The third-order valence-corrected chi connectivity index (χ3v) is 4.70. The largest absolute Gasteiger partial charge is 0.480 e. The molecular weight excluding hydrogens is 288 g/mol. The lowest BCUT2D eigenvalue weighted by atomic mass is 10.1. The van der Waals surface area contributed by atoms with E-state index in [0.29, 0.717) is 6.54 Å². The van der Waals surface area contributed by atoms with Crippen molar-refractivity contribution >= 4 is 17.3 Å². The number of aliphatic carboxylic acids is 1. The van der Waals surface area contributed by atoms with Crippen LogP contribution in [0.25, 0.3) is 10.8 Å². The van der Waals surface area contributed by atoms with Crippen LogP contribution in [0.1, 0.15) is 31.4 Å². The van der Waals surface area contributed by atoms with Gasteiger partial charge in [-0.15, -0.1) is 11.3 Å². The van der Waals surface area contributed by atoms with Gasteiger partial charge in [0.05, 0.1) is 12.0 Å². The molecule has 1 unspecified atom stereocenters. The molecule has 21 heavy (non-hydrogen) atoms. The van der Waals surface area contributed by atoms with E-state index in [0.717, 1.165) is 48.7 Å². The van der Waals surface area contributed by atoms with Gasteiger partial charge in [0, 0.05) is 11.9 Å². The van der Waals surface area contributed by atoms with Crippen molar-refractivity contribution in [2.24, 2.45) is 0 Å². The van der Waals surface area contributed by atoms with E-state index in [-0.39, 0.29) is 6.04 Å². The highest BCUT2D eigenvalue weighted by molar-refractivity contribution is 7.13. The normalized spacial score (nSPS) is 20.3. The first-order valence-corrected chi connectivity index (χ1v) is 8.07. The van der Waals surface area contributed by atoms with Gasteiger partial charge in [-0.1, -0.05) is 12.8 Å². The van der Waals surface area contributed by atoms with Crippen LogP contribution in [-0.2, 0) is 11.3 Å². The van der Waals surface area contributed by atoms with Crippen molar-refractivity contribution in [1.29, 1.82) is 0 Å². The number of thiazole rings is 1. The maximum absolute atomic E-state index is 11.4. The molecule has 1 atom stereocenters. The standard InChI is InChI=1S/C15H18N2O3S/c18-15(19)12-5-2-1-3-7-17(12)9-11-10-21-14(16-11)13-6-4-8-20-13/h4,6,8,10,12H,1-3,5,7,9H2,(H,18,19). The molecule has 0 aliphatic carbocycles. The fourth-order valence-corrected chi connectivity index (χ4v) is 3.51. The predicted octanol–water partition coefficient (Wildman–Crippen LogP) is 3.23. The molecule has 0 spiro atoms. The summed E-state index contributed by atoms with van der Waals surface area (Å²) in [7, 11) is 0. The molecule has 1 saturated heterocycles. The zero-order valence-corrected chi connectivity index (χ0v) is 12.5. The number of rotatable bonds is 4. The highest BCUT2D eigenvalue weighted by Gasteiger charge is 2.27. The van der Waals surface area contributed by atoms with Crippen molar-refractivity contribution in [3.63, 3.8) is 0 Å². The summed E-state index contributed by atoms with van der Waals surface area (Å²) >= 11 is 1.53. The van der Waals surface area contributed by atoms with E-state index in [1.165, 1.54) is 11.3 Å². The quantitative estimate of drug-likeness (QED) is 0.939. The van der Waals surface area contributed by atoms with E-state index in [1.54, 1.807) is 6.26 Å². The number of carbonyl (C=O) groups is 1. The topological polar surface area (TPSA) is 66.6 Å². The fraction of sp³-hybridized carbons (Fsp3) is 0.467. The summed E-state index contributed by atoms with van der Waals surface area (Å²) < 4.78 is 5.34. The maximum Gasteiger partial charge on any atom is 0.320 e. The van der Waals surface area contributed by atoms with Gasteiger partial charge in [-0.2, -0.15) is 0 Å². The van der Waals surface area contributed by atoms with Crippen molar-refractivity contribution in [3.05, 3.63) is 29.5 Å². The van der Waals surface area contributed by atoms with Gasteiger partial charge < -0.3 is 9.52 Å². The molecule has 2 aromatic rings. The molecule has 1 aliphatic heterocycles. The minimum absolute atomic E-state index is 0.388. The van der Waals surface area contributed by atoms with Crippen LogP contribution in [0, 0.1) is 0 Å². The highest BCUT2D eigenvalue weighted by atomic mass is 32.1. The molecule has 2 aromatic heterocycles. The molecule has 3 rings (SSSR count). The summed E-state index contributed by atoms with van der Waals surface area (Å²) in [6, 6.07) is 3.33. The molecule has 1 aliphatic rings. The first-order chi connectivity index (χ1) is 10.2. The lowest BCUT2D eigenvalue weighted by Crippen LogP contribution is -2.40. The van der Waals surface area contributed by atoms with Crippen LogP contribution < -0.4 is 0 Å². The Hall–Kier alpha value is -1.66. The smallest absolute Gasteiger partial charge is 0.320 e. The molecule has 0 bridgehead atoms. The second kappa shape index (κ2) is 6.41. The zero-order chi connectivity index (χ0) is 14.7. The van der Waals surface area contributed by atoms with Gasteiger partial charge in [-0.25, -0.2) is 4.98 Å². The SMILES string of the molecule is O=C(O)C1CCCCCN1Cc1csc(-c2ccco2)n1. The lowest BCUT2D eigenvalue weighted by Gasteiger charge is -2.25. The minimum atomic E-state index is -0.724. The van der Waals surface area contributed by atoms with Crippen molar-refractivity contribution in [1.82, 2.24) is 9.88 Å². The van der Waals surface area contributed by atoms with E-state index in [9.17, 15) is 9.90 Å². The van der Waals surface area contributed by atoms with Gasteiger partial charge >= 0.3 is 5.97 Å². The van der Waals surface area contributed by atoms with E-state index in [1.807, 2.05) is 22.4 Å². The third kappa shape index (κ3) is 3.33. The zero-order valence-electron chi connectivity index (χ0n) is 11.7. The van der Waals surface area contributed by atoms with Crippen molar-refractivity contribution in [2.45, 2.75) is 38.3 Å². The van der Waals surface area contributed by atoms with E-state index in [4.69, 9.17) is 4.42 Å². The number of carboxylic acids is 1. The van der Waals surface area contributed by atoms with Crippen LogP contribution >= 0.6 is 11.3 Å². The molecule has 0 aromatic carbocycles.